The molecular formula is C15H28N2O. The van der Waals surface area contributed by atoms with Crippen molar-refractivity contribution in [3.63, 3.8) is 0 Å². The Morgan fingerprint density at radius 1 is 1.11 bits per heavy atom. The molecule has 18 heavy (non-hydrogen) atoms. The molecule has 2 aliphatic heterocycles. The highest BCUT2D eigenvalue weighted by atomic mass is 16.5. The van der Waals surface area contributed by atoms with E-state index in [1.165, 1.54) is 58.2 Å². The fourth-order valence-electron chi connectivity index (χ4n) is 3.62. The van der Waals surface area contributed by atoms with Gasteiger partial charge in [-0.15, -0.1) is 0 Å². The minimum Gasteiger partial charge on any atom is -0.376 e. The van der Waals surface area contributed by atoms with Gasteiger partial charge in [-0.3, -0.25) is 0 Å². The molecule has 3 aliphatic rings. The summed E-state index contributed by atoms with van der Waals surface area (Å²) in [5.41, 5.74) is 0. The number of ether oxygens (including phenoxy) is 1. The van der Waals surface area contributed by atoms with Gasteiger partial charge in [0.25, 0.3) is 0 Å². The Kier molecular flexibility index (Phi) is 4.22. The van der Waals surface area contributed by atoms with Crippen LogP contribution in [0.1, 0.15) is 45.4 Å². The minimum absolute atomic E-state index is 0.538. The molecule has 1 aliphatic carbocycles. The molecule has 3 atom stereocenters. The zero-order chi connectivity index (χ0) is 12.4. The molecule has 0 aromatic heterocycles. The maximum Gasteiger partial charge on any atom is 0.0757 e. The second-order valence-corrected chi connectivity index (χ2v) is 6.30. The van der Waals surface area contributed by atoms with Gasteiger partial charge in [-0.25, -0.2) is 0 Å². The Morgan fingerprint density at radius 2 is 2.00 bits per heavy atom. The standard InChI is InChI=1S/C15H28N2O/c1-2-17-9-3-4-13(7-10-17)16-14-8-11-18-15(14)12-5-6-12/h12-16H,2-11H2,1H3. The molecule has 0 bridgehead atoms. The van der Waals surface area contributed by atoms with E-state index in [0.29, 0.717) is 12.1 Å². The van der Waals surface area contributed by atoms with Gasteiger partial charge in [-0.2, -0.15) is 0 Å². The molecule has 0 aromatic carbocycles. The number of rotatable bonds is 4. The molecule has 2 saturated heterocycles. The largest absolute Gasteiger partial charge is 0.376 e. The van der Waals surface area contributed by atoms with Crippen LogP contribution in [0.3, 0.4) is 0 Å². The third kappa shape index (κ3) is 3.06. The Morgan fingerprint density at radius 3 is 2.78 bits per heavy atom. The van der Waals surface area contributed by atoms with Crippen molar-refractivity contribution in [1.82, 2.24) is 10.2 Å². The van der Waals surface area contributed by atoms with Crippen LogP contribution in [0.4, 0.5) is 0 Å². The van der Waals surface area contributed by atoms with Crippen molar-refractivity contribution >= 4 is 0 Å². The number of likely N-dealkylation sites (tertiary alicyclic amines) is 1. The Labute approximate surface area is 111 Å². The lowest BCUT2D eigenvalue weighted by Gasteiger charge is -2.25. The maximum absolute atomic E-state index is 5.93. The second kappa shape index (κ2) is 5.89. The van der Waals surface area contributed by atoms with Gasteiger partial charge < -0.3 is 15.0 Å². The van der Waals surface area contributed by atoms with Crippen LogP contribution in [0.25, 0.3) is 0 Å². The zero-order valence-electron chi connectivity index (χ0n) is 11.7. The Bertz CT molecular complexity index is 267. The van der Waals surface area contributed by atoms with Crippen molar-refractivity contribution in [2.45, 2.75) is 63.6 Å². The normalized spacial score (nSPS) is 38.8. The van der Waals surface area contributed by atoms with Gasteiger partial charge in [0, 0.05) is 18.7 Å². The SMILES string of the molecule is CCN1CCCC(NC2CCOC2C2CC2)CC1. The maximum atomic E-state index is 5.93. The van der Waals surface area contributed by atoms with Gasteiger partial charge >= 0.3 is 0 Å². The minimum atomic E-state index is 0.538. The van der Waals surface area contributed by atoms with Crippen LogP contribution < -0.4 is 5.32 Å². The first kappa shape index (κ1) is 12.9. The van der Waals surface area contributed by atoms with Crippen molar-refractivity contribution < 1.29 is 4.74 Å². The van der Waals surface area contributed by atoms with Crippen molar-refractivity contribution in [3.05, 3.63) is 0 Å². The van der Waals surface area contributed by atoms with Crippen LogP contribution >= 0.6 is 0 Å². The van der Waals surface area contributed by atoms with E-state index in [2.05, 4.69) is 17.1 Å². The van der Waals surface area contributed by atoms with E-state index in [9.17, 15) is 0 Å². The molecule has 3 rings (SSSR count). The van der Waals surface area contributed by atoms with Crippen LogP contribution in [0.5, 0.6) is 0 Å². The molecule has 0 spiro atoms. The van der Waals surface area contributed by atoms with Crippen molar-refractivity contribution in [2.75, 3.05) is 26.2 Å². The first-order valence-electron chi connectivity index (χ1n) is 7.97. The van der Waals surface area contributed by atoms with Gasteiger partial charge in [-0.05, 0) is 64.1 Å². The fourth-order valence-corrected chi connectivity index (χ4v) is 3.62. The highest BCUT2D eigenvalue weighted by molar-refractivity contribution is 4.95. The van der Waals surface area contributed by atoms with E-state index >= 15 is 0 Å². The van der Waals surface area contributed by atoms with Crippen LogP contribution in [0, 0.1) is 5.92 Å². The third-order valence-electron chi connectivity index (χ3n) is 4.94. The molecule has 3 nitrogen and oxygen atoms in total. The van der Waals surface area contributed by atoms with Crippen molar-refractivity contribution in [3.8, 4) is 0 Å². The summed E-state index contributed by atoms with van der Waals surface area (Å²) in [4.78, 5) is 2.59. The van der Waals surface area contributed by atoms with Crippen LogP contribution in [-0.4, -0.2) is 49.3 Å². The highest BCUT2D eigenvalue weighted by Crippen LogP contribution is 2.39. The molecule has 1 N–H and O–H groups in total. The summed E-state index contributed by atoms with van der Waals surface area (Å²) in [5.74, 6) is 0.878. The molecular weight excluding hydrogens is 224 g/mol. The monoisotopic (exact) mass is 252 g/mol. The van der Waals surface area contributed by atoms with E-state index in [-0.39, 0.29) is 0 Å². The smallest absolute Gasteiger partial charge is 0.0757 e. The lowest BCUT2D eigenvalue weighted by molar-refractivity contribution is 0.0784. The van der Waals surface area contributed by atoms with Gasteiger partial charge in [-0.1, -0.05) is 6.92 Å². The molecule has 0 aromatic rings. The predicted molar refractivity (Wildman–Crippen MR) is 73.8 cm³/mol. The average Bonchev–Trinajstić information content (AvgIpc) is 3.16. The molecule has 3 heteroatoms. The summed E-state index contributed by atoms with van der Waals surface area (Å²) >= 11 is 0. The lowest BCUT2D eigenvalue weighted by atomic mass is 10.0. The van der Waals surface area contributed by atoms with E-state index in [1.54, 1.807) is 0 Å². The topological polar surface area (TPSA) is 24.5 Å². The summed E-state index contributed by atoms with van der Waals surface area (Å²) in [6.45, 7) is 7.04. The molecule has 3 fully saturated rings. The molecule has 2 heterocycles. The lowest BCUT2D eigenvalue weighted by Crippen LogP contribution is -2.44. The van der Waals surface area contributed by atoms with E-state index < -0.39 is 0 Å². The van der Waals surface area contributed by atoms with Crippen LogP contribution in [0.2, 0.25) is 0 Å². The van der Waals surface area contributed by atoms with Crippen LogP contribution in [0.15, 0.2) is 0 Å². The van der Waals surface area contributed by atoms with Gasteiger partial charge in [0.15, 0.2) is 0 Å². The quantitative estimate of drug-likeness (QED) is 0.828. The second-order valence-electron chi connectivity index (χ2n) is 6.30. The third-order valence-corrected chi connectivity index (χ3v) is 4.94. The van der Waals surface area contributed by atoms with E-state index in [1.807, 2.05) is 0 Å². The number of hydrogen-bond acceptors (Lipinski definition) is 3. The zero-order valence-corrected chi connectivity index (χ0v) is 11.7. The fraction of sp³-hybridized carbons (Fsp3) is 1.00. The number of nitrogens with zero attached hydrogens (tertiary/aromatic N) is 1. The molecule has 0 radical (unpaired) electrons. The van der Waals surface area contributed by atoms with Crippen molar-refractivity contribution in [2.24, 2.45) is 5.92 Å². The van der Waals surface area contributed by atoms with Crippen molar-refractivity contribution in [1.29, 1.82) is 0 Å². The van der Waals surface area contributed by atoms with Crippen LogP contribution in [-0.2, 0) is 4.74 Å². The highest BCUT2D eigenvalue weighted by Gasteiger charge is 2.41. The number of nitrogens with one attached hydrogen (secondary N) is 1. The van der Waals surface area contributed by atoms with E-state index in [4.69, 9.17) is 4.74 Å². The summed E-state index contributed by atoms with van der Waals surface area (Å²) < 4.78 is 5.93. The average molecular weight is 252 g/mol. The van der Waals surface area contributed by atoms with Gasteiger partial charge in [0.1, 0.15) is 0 Å². The Balaban J connectivity index is 1.49. The molecule has 0 amide bonds. The Hall–Kier alpha value is -0.120. The van der Waals surface area contributed by atoms with Gasteiger partial charge in [0.05, 0.1) is 6.10 Å². The number of hydrogen-bond donors (Lipinski definition) is 1. The summed E-state index contributed by atoms with van der Waals surface area (Å²) in [5, 5.41) is 3.92. The first-order valence-corrected chi connectivity index (χ1v) is 7.97. The molecule has 1 saturated carbocycles. The summed E-state index contributed by atoms with van der Waals surface area (Å²) in [6, 6.07) is 1.38. The van der Waals surface area contributed by atoms with E-state index in [0.717, 1.165) is 18.6 Å². The molecule has 3 unspecified atom stereocenters. The predicted octanol–water partition coefficient (Wildman–Crippen LogP) is 2.02. The van der Waals surface area contributed by atoms with Gasteiger partial charge in [0.2, 0.25) is 0 Å². The first-order chi connectivity index (χ1) is 8.86. The summed E-state index contributed by atoms with van der Waals surface area (Å²) in [6.07, 6.45) is 8.60. The molecule has 104 valence electrons. The summed E-state index contributed by atoms with van der Waals surface area (Å²) in [7, 11) is 0.